The Hall–Kier alpha value is -3.14. The van der Waals surface area contributed by atoms with Gasteiger partial charge in [-0.3, -0.25) is 4.99 Å². The summed E-state index contributed by atoms with van der Waals surface area (Å²) in [5.41, 5.74) is 4.52. The van der Waals surface area contributed by atoms with Gasteiger partial charge in [0.15, 0.2) is 0 Å². The highest BCUT2D eigenvalue weighted by Gasteiger charge is 2.17. The molecule has 3 nitrogen and oxygen atoms in total. The largest absolute Gasteiger partial charge is 0.457 e. The second kappa shape index (κ2) is 8.48. The van der Waals surface area contributed by atoms with E-state index in [1.807, 2.05) is 68.4 Å². The smallest absolute Gasteiger partial charge is 0.147 e. The second-order valence-corrected chi connectivity index (χ2v) is 7.52. The van der Waals surface area contributed by atoms with Gasteiger partial charge in [0, 0.05) is 19.3 Å². The zero-order valence-corrected chi connectivity index (χ0v) is 16.9. The summed E-state index contributed by atoms with van der Waals surface area (Å²) in [5, 5.41) is 0. The molecule has 0 bridgehead atoms. The van der Waals surface area contributed by atoms with Gasteiger partial charge in [-0.1, -0.05) is 17.7 Å². The summed E-state index contributed by atoms with van der Waals surface area (Å²) in [6.07, 6.45) is 3.98. The van der Waals surface area contributed by atoms with Crippen molar-refractivity contribution < 1.29 is 9.13 Å². The number of anilines is 1. The molecule has 1 aliphatic heterocycles. The van der Waals surface area contributed by atoms with E-state index in [4.69, 9.17) is 4.74 Å². The van der Waals surface area contributed by atoms with E-state index in [9.17, 15) is 4.39 Å². The predicted molar refractivity (Wildman–Crippen MR) is 118 cm³/mol. The molecule has 4 rings (SSSR count). The van der Waals surface area contributed by atoms with Gasteiger partial charge < -0.3 is 9.64 Å². The number of halogens is 1. The van der Waals surface area contributed by atoms with Gasteiger partial charge in [0.25, 0.3) is 0 Å². The summed E-state index contributed by atoms with van der Waals surface area (Å²) in [6, 6.07) is 19.0. The maximum absolute atomic E-state index is 14.6. The van der Waals surface area contributed by atoms with Crippen molar-refractivity contribution in [2.75, 3.05) is 18.0 Å². The predicted octanol–water partition coefficient (Wildman–Crippen LogP) is 6.59. The fourth-order valence-corrected chi connectivity index (χ4v) is 3.51. The van der Waals surface area contributed by atoms with Crippen molar-refractivity contribution in [3.05, 3.63) is 83.2 Å². The third-order valence-electron chi connectivity index (χ3n) is 5.23. The summed E-state index contributed by atoms with van der Waals surface area (Å²) in [5.74, 6) is 1.38. The molecular formula is C25H25FN2O. The molecule has 0 radical (unpaired) electrons. The molecule has 3 aromatic carbocycles. The maximum atomic E-state index is 14.6. The van der Waals surface area contributed by atoms with E-state index in [0.717, 1.165) is 54.2 Å². The first kappa shape index (κ1) is 19.2. The Morgan fingerprint density at radius 1 is 0.897 bits per heavy atom. The lowest BCUT2D eigenvalue weighted by Crippen LogP contribution is -2.19. The summed E-state index contributed by atoms with van der Waals surface area (Å²) >= 11 is 0. The highest BCUT2D eigenvalue weighted by atomic mass is 19.1. The van der Waals surface area contributed by atoms with Crippen LogP contribution in [-0.4, -0.2) is 19.3 Å². The SMILES string of the molecule is Cc1ccc(Oc2ccc(N=Cc3cc(F)c(N4CCCC4)cc3C)cc2)cc1. The number of ether oxygens (including phenoxy) is 1. The molecule has 1 aliphatic rings. The quantitative estimate of drug-likeness (QED) is 0.461. The minimum absolute atomic E-state index is 0.180. The molecule has 0 spiro atoms. The number of hydrogen-bond donors (Lipinski definition) is 0. The van der Waals surface area contributed by atoms with E-state index in [1.54, 1.807) is 12.3 Å². The van der Waals surface area contributed by atoms with E-state index in [0.29, 0.717) is 5.69 Å². The molecule has 0 aliphatic carbocycles. The standard InChI is InChI=1S/C25H25FN2O/c1-18-5-9-22(10-6-18)29-23-11-7-21(8-12-23)27-17-20-16-24(26)25(15-19(20)2)28-13-3-4-14-28/h5-12,15-17H,3-4,13-14H2,1-2H3. The molecular weight excluding hydrogens is 363 g/mol. The van der Waals surface area contributed by atoms with Crippen LogP contribution in [0.2, 0.25) is 0 Å². The average molecular weight is 388 g/mol. The fraction of sp³-hybridized carbons (Fsp3) is 0.240. The Balaban J connectivity index is 1.46. The molecule has 3 aromatic rings. The van der Waals surface area contributed by atoms with Crippen molar-refractivity contribution in [3.63, 3.8) is 0 Å². The van der Waals surface area contributed by atoms with Gasteiger partial charge in [-0.25, -0.2) is 4.39 Å². The summed E-state index contributed by atoms with van der Waals surface area (Å²) in [6.45, 7) is 5.91. The van der Waals surface area contributed by atoms with Gasteiger partial charge in [0.1, 0.15) is 17.3 Å². The van der Waals surface area contributed by atoms with Crippen LogP contribution in [0.1, 0.15) is 29.5 Å². The Morgan fingerprint density at radius 2 is 1.52 bits per heavy atom. The fourth-order valence-electron chi connectivity index (χ4n) is 3.51. The van der Waals surface area contributed by atoms with Crippen molar-refractivity contribution in [2.45, 2.75) is 26.7 Å². The summed E-state index contributed by atoms with van der Waals surface area (Å²) in [4.78, 5) is 6.63. The highest BCUT2D eigenvalue weighted by molar-refractivity contribution is 5.84. The first-order valence-electron chi connectivity index (χ1n) is 10.0. The number of hydrogen-bond acceptors (Lipinski definition) is 3. The van der Waals surface area contributed by atoms with E-state index < -0.39 is 0 Å². The number of benzene rings is 3. The Bertz CT molecular complexity index is 1000. The zero-order valence-electron chi connectivity index (χ0n) is 16.9. The van der Waals surface area contributed by atoms with Crippen LogP contribution in [-0.2, 0) is 0 Å². The number of aliphatic imine (C=N–C) groups is 1. The molecule has 1 heterocycles. The molecule has 0 amide bonds. The van der Waals surface area contributed by atoms with Crippen LogP contribution >= 0.6 is 0 Å². The van der Waals surface area contributed by atoms with Crippen LogP contribution in [0.5, 0.6) is 11.5 Å². The lowest BCUT2D eigenvalue weighted by Gasteiger charge is -2.19. The van der Waals surface area contributed by atoms with Gasteiger partial charge >= 0.3 is 0 Å². The van der Waals surface area contributed by atoms with Crippen molar-refractivity contribution in [3.8, 4) is 11.5 Å². The summed E-state index contributed by atoms with van der Waals surface area (Å²) < 4.78 is 20.4. The van der Waals surface area contributed by atoms with E-state index in [-0.39, 0.29) is 5.82 Å². The van der Waals surface area contributed by atoms with Crippen molar-refractivity contribution in [1.82, 2.24) is 0 Å². The van der Waals surface area contributed by atoms with Gasteiger partial charge in [-0.05, 0) is 86.3 Å². The van der Waals surface area contributed by atoms with Crippen LogP contribution in [0.25, 0.3) is 0 Å². The molecule has 4 heteroatoms. The lowest BCUT2D eigenvalue weighted by molar-refractivity contribution is 0.482. The third-order valence-corrected chi connectivity index (χ3v) is 5.23. The van der Waals surface area contributed by atoms with Crippen molar-refractivity contribution in [1.29, 1.82) is 0 Å². The zero-order chi connectivity index (χ0) is 20.2. The minimum Gasteiger partial charge on any atom is -0.457 e. The first-order chi connectivity index (χ1) is 14.1. The molecule has 29 heavy (non-hydrogen) atoms. The number of nitrogens with zero attached hydrogens (tertiary/aromatic N) is 2. The molecule has 0 unspecified atom stereocenters. The first-order valence-corrected chi connectivity index (χ1v) is 10.0. The molecule has 0 saturated carbocycles. The van der Waals surface area contributed by atoms with Crippen LogP contribution in [0.3, 0.4) is 0 Å². The van der Waals surface area contributed by atoms with E-state index in [2.05, 4.69) is 9.89 Å². The van der Waals surface area contributed by atoms with E-state index >= 15 is 0 Å². The van der Waals surface area contributed by atoms with Gasteiger partial charge in [-0.2, -0.15) is 0 Å². The van der Waals surface area contributed by atoms with Crippen molar-refractivity contribution in [2.24, 2.45) is 4.99 Å². The molecule has 0 aromatic heterocycles. The number of aryl methyl sites for hydroxylation is 2. The maximum Gasteiger partial charge on any atom is 0.147 e. The Morgan fingerprint density at radius 3 is 2.17 bits per heavy atom. The van der Waals surface area contributed by atoms with Crippen LogP contribution in [0.4, 0.5) is 15.8 Å². The topological polar surface area (TPSA) is 24.8 Å². The lowest BCUT2D eigenvalue weighted by atomic mass is 10.1. The van der Waals surface area contributed by atoms with Gasteiger partial charge in [0.05, 0.1) is 11.4 Å². The monoisotopic (exact) mass is 388 g/mol. The summed E-state index contributed by atoms with van der Waals surface area (Å²) in [7, 11) is 0. The van der Waals surface area contributed by atoms with Crippen LogP contribution in [0, 0.1) is 19.7 Å². The van der Waals surface area contributed by atoms with Gasteiger partial charge in [-0.15, -0.1) is 0 Å². The van der Waals surface area contributed by atoms with Crippen molar-refractivity contribution >= 4 is 17.6 Å². The molecule has 0 N–H and O–H groups in total. The molecule has 148 valence electrons. The van der Waals surface area contributed by atoms with Gasteiger partial charge in [0.2, 0.25) is 0 Å². The average Bonchev–Trinajstić information content (AvgIpc) is 3.26. The molecule has 1 saturated heterocycles. The minimum atomic E-state index is -0.180. The molecule has 1 fully saturated rings. The molecule has 0 atom stereocenters. The third kappa shape index (κ3) is 4.65. The highest BCUT2D eigenvalue weighted by Crippen LogP contribution is 2.27. The Labute approximate surface area is 171 Å². The van der Waals surface area contributed by atoms with Crippen LogP contribution in [0.15, 0.2) is 65.7 Å². The normalized spacial score (nSPS) is 14.0. The second-order valence-electron chi connectivity index (χ2n) is 7.52. The van der Waals surface area contributed by atoms with Crippen LogP contribution < -0.4 is 9.64 Å². The number of rotatable bonds is 5. The van der Waals surface area contributed by atoms with E-state index in [1.165, 1.54) is 5.56 Å². The Kier molecular flexibility index (Phi) is 5.61.